The van der Waals surface area contributed by atoms with Crippen molar-refractivity contribution in [2.45, 2.75) is 20.3 Å². The first-order chi connectivity index (χ1) is 8.13. The van der Waals surface area contributed by atoms with E-state index in [1.807, 2.05) is 13.0 Å². The van der Waals surface area contributed by atoms with Gasteiger partial charge in [-0.05, 0) is 25.0 Å². The Morgan fingerprint density at radius 2 is 2.24 bits per heavy atom. The average molecular weight is 234 g/mol. The van der Waals surface area contributed by atoms with E-state index in [4.69, 9.17) is 9.47 Å². The Bertz CT molecular complexity index is 464. The monoisotopic (exact) mass is 234 g/mol. The lowest BCUT2D eigenvalue weighted by Gasteiger charge is -2.07. The molecule has 0 spiro atoms. The number of hydrogen-bond donors (Lipinski definition) is 0. The minimum atomic E-state index is -0.770. The molecule has 90 valence electrons. The lowest BCUT2D eigenvalue weighted by atomic mass is 10.1. The molecule has 1 unspecified atom stereocenters. The zero-order valence-electron chi connectivity index (χ0n) is 9.86. The summed E-state index contributed by atoms with van der Waals surface area (Å²) in [6.45, 7) is 3.82. The van der Waals surface area contributed by atoms with Crippen LogP contribution in [0.15, 0.2) is 18.2 Å². The summed E-state index contributed by atoms with van der Waals surface area (Å²) >= 11 is 0. The van der Waals surface area contributed by atoms with Crippen LogP contribution in [0.4, 0.5) is 4.79 Å². The molecule has 4 heteroatoms. The van der Waals surface area contributed by atoms with Crippen LogP contribution >= 0.6 is 0 Å². The van der Waals surface area contributed by atoms with Gasteiger partial charge in [-0.3, -0.25) is 4.79 Å². The SMILES string of the molecule is CCOC(=O)Oc1cccc2c1C(=O)C(C)C2. The van der Waals surface area contributed by atoms with Gasteiger partial charge >= 0.3 is 6.16 Å². The smallest absolute Gasteiger partial charge is 0.434 e. The minimum Gasteiger partial charge on any atom is -0.434 e. The summed E-state index contributed by atoms with van der Waals surface area (Å²) in [4.78, 5) is 23.2. The Hall–Kier alpha value is -1.84. The third-order valence-electron chi connectivity index (χ3n) is 2.79. The van der Waals surface area contributed by atoms with Crippen LogP contribution in [0.3, 0.4) is 0 Å². The molecule has 0 saturated heterocycles. The van der Waals surface area contributed by atoms with Gasteiger partial charge in [0.1, 0.15) is 5.75 Å². The van der Waals surface area contributed by atoms with Crippen molar-refractivity contribution in [1.29, 1.82) is 0 Å². The first-order valence-corrected chi connectivity index (χ1v) is 5.64. The fourth-order valence-corrected chi connectivity index (χ4v) is 2.02. The van der Waals surface area contributed by atoms with Crippen molar-refractivity contribution in [1.82, 2.24) is 0 Å². The van der Waals surface area contributed by atoms with Gasteiger partial charge in [-0.25, -0.2) is 4.79 Å². The number of Topliss-reactive ketones (excluding diaryl/α,β-unsaturated/α-hetero) is 1. The van der Waals surface area contributed by atoms with Crippen LogP contribution in [0, 0.1) is 5.92 Å². The number of hydrogen-bond acceptors (Lipinski definition) is 4. The Balaban J connectivity index is 2.29. The molecule has 2 rings (SSSR count). The Morgan fingerprint density at radius 3 is 2.94 bits per heavy atom. The number of benzene rings is 1. The van der Waals surface area contributed by atoms with Crippen LogP contribution in [0.25, 0.3) is 0 Å². The second-order valence-corrected chi connectivity index (χ2v) is 4.04. The lowest BCUT2D eigenvalue weighted by Crippen LogP contribution is -2.13. The number of rotatable bonds is 2. The van der Waals surface area contributed by atoms with Crippen LogP contribution in [0.2, 0.25) is 0 Å². The average Bonchev–Trinajstić information content (AvgIpc) is 2.56. The Kier molecular flexibility index (Phi) is 3.13. The van der Waals surface area contributed by atoms with E-state index in [2.05, 4.69) is 0 Å². The van der Waals surface area contributed by atoms with Crippen LogP contribution in [0.5, 0.6) is 5.75 Å². The van der Waals surface area contributed by atoms with Gasteiger partial charge in [-0.15, -0.1) is 0 Å². The summed E-state index contributed by atoms with van der Waals surface area (Å²) < 4.78 is 9.73. The molecule has 0 saturated carbocycles. The molecule has 1 atom stereocenters. The quantitative estimate of drug-likeness (QED) is 0.583. The van der Waals surface area contributed by atoms with Gasteiger partial charge in [0.15, 0.2) is 5.78 Å². The van der Waals surface area contributed by atoms with Gasteiger partial charge in [0, 0.05) is 5.92 Å². The van der Waals surface area contributed by atoms with Gasteiger partial charge in [0.2, 0.25) is 0 Å². The second-order valence-electron chi connectivity index (χ2n) is 4.04. The fraction of sp³-hybridized carbons (Fsp3) is 0.385. The van der Waals surface area contributed by atoms with E-state index in [0.29, 0.717) is 17.7 Å². The molecular formula is C13H14O4. The van der Waals surface area contributed by atoms with Crippen LogP contribution in [-0.2, 0) is 11.2 Å². The van der Waals surface area contributed by atoms with Crippen LogP contribution in [0.1, 0.15) is 29.8 Å². The summed E-state index contributed by atoms with van der Waals surface area (Å²) in [6, 6.07) is 5.28. The summed E-state index contributed by atoms with van der Waals surface area (Å²) in [5, 5.41) is 0. The zero-order chi connectivity index (χ0) is 12.4. The van der Waals surface area contributed by atoms with E-state index in [1.54, 1.807) is 19.1 Å². The van der Waals surface area contributed by atoms with E-state index >= 15 is 0 Å². The number of ether oxygens (including phenoxy) is 2. The maximum Gasteiger partial charge on any atom is 0.513 e. The van der Waals surface area contributed by atoms with Crippen LogP contribution in [-0.4, -0.2) is 18.5 Å². The van der Waals surface area contributed by atoms with Crippen molar-refractivity contribution in [2.24, 2.45) is 5.92 Å². The highest BCUT2D eigenvalue weighted by molar-refractivity contribution is 6.04. The molecule has 1 aliphatic carbocycles. The summed E-state index contributed by atoms with van der Waals surface area (Å²) in [5.41, 5.74) is 1.46. The lowest BCUT2D eigenvalue weighted by molar-refractivity contribution is 0.0934. The molecule has 1 aromatic rings. The minimum absolute atomic E-state index is 0.0277. The van der Waals surface area contributed by atoms with E-state index in [0.717, 1.165) is 5.56 Å². The number of carbonyl (C=O) groups excluding carboxylic acids is 2. The summed E-state index contributed by atoms with van der Waals surface area (Å²) in [5.74, 6) is 0.284. The van der Waals surface area contributed by atoms with Crippen molar-refractivity contribution < 1.29 is 19.1 Å². The third-order valence-corrected chi connectivity index (χ3v) is 2.79. The maximum absolute atomic E-state index is 11.9. The first-order valence-electron chi connectivity index (χ1n) is 5.64. The number of ketones is 1. The van der Waals surface area contributed by atoms with Crippen molar-refractivity contribution in [3.63, 3.8) is 0 Å². The largest absolute Gasteiger partial charge is 0.513 e. The second kappa shape index (κ2) is 4.57. The van der Waals surface area contributed by atoms with Gasteiger partial charge < -0.3 is 9.47 Å². The molecule has 0 heterocycles. The molecule has 0 aromatic heterocycles. The molecule has 0 N–H and O–H groups in total. The molecule has 0 aliphatic heterocycles. The highest BCUT2D eigenvalue weighted by atomic mass is 16.7. The van der Waals surface area contributed by atoms with Crippen molar-refractivity contribution in [2.75, 3.05) is 6.61 Å². The first kappa shape index (κ1) is 11.6. The highest BCUT2D eigenvalue weighted by Gasteiger charge is 2.30. The van der Waals surface area contributed by atoms with Crippen LogP contribution < -0.4 is 4.74 Å². The molecule has 0 fully saturated rings. The van der Waals surface area contributed by atoms with E-state index in [1.165, 1.54) is 0 Å². The van der Waals surface area contributed by atoms with Gasteiger partial charge in [-0.1, -0.05) is 19.1 Å². The Morgan fingerprint density at radius 1 is 1.47 bits per heavy atom. The molecule has 17 heavy (non-hydrogen) atoms. The van der Waals surface area contributed by atoms with Crippen molar-refractivity contribution in [3.05, 3.63) is 29.3 Å². The third kappa shape index (κ3) is 2.16. The van der Waals surface area contributed by atoms with E-state index < -0.39 is 6.16 Å². The summed E-state index contributed by atoms with van der Waals surface area (Å²) in [7, 11) is 0. The highest BCUT2D eigenvalue weighted by Crippen LogP contribution is 2.33. The molecular weight excluding hydrogens is 220 g/mol. The van der Waals surface area contributed by atoms with E-state index in [-0.39, 0.29) is 18.3 Å². The standard InChI is InChI=1S/C13H14O4/c1-3-16-13(15)17-10-6-4-5-9-7-8(2)12(14)11(9)10/h4-6,8H,3,7H2,1-2H3. The van der Waals surface area contributed by atoms with E-state index in [9.17, 15) is 9.59 Å². The predicted octanol–water partition coefficient (Wildman–Crippen LogP) is 2.60. The molecule has 1 aliphatic rings. The van der Waals surface area contributed by atoms with Crippen molar-refractivity contribution in [3.8, 4) is 5.75 Å². The van der Waals surface area contributed by atoms with Crippen molar-refractivity contribution >= 4 is 11.9 Å². The van der Waals surface area contributed by atoms with Gasteiger partial charge in [0.05, 0.1) is 12.2 Å². The summed E-state index contributed by atoms with van der Waals surface area (Å²) in [6.07, 6.45) is -0.0676. The molecule has 0 radical (unpaired) electrons. The number of fused-ring (bicyclic) bond motifs is 1. The molecule has 1 aromatic carbocycles. The van der Waals surface area contributed by atoms with Gasteiger partial charge in [0.25, 0.3) is 0 Å². The molecule has 4 nitrogen and oxygen atoms in total. The predicted molar refractivity (Wildman–Crippen MR) is 61.3 cm³/mol. The Labute approximate surface area is 99.5 Å². The zero-order valence-corrected chi connectivity index (χ0v) is 9.86. The topological polar surface area (TPSA) is 52.6 Å². The maximum atomic E-state index is 11.9. The molecule has 0 amide bonds. The fourth-order valence-electron chi connectivity index (χ4n) is 2.02. The normalized spacial score (nSPS) is 17.8. The van der Waals surface area contributed by atoms with Gasteiger partial charge in [-0.2, -0.15) is 0 Å². The molecule has 0 bridgehead atoms. The number of carbonyl (C=O) groups is 2.